The molecule has 2 aromatic carbocycles. The summed E-state index contributed by atoms with van der Waals surface area (Å²) in [6.07, 6.45) is 0. The average Bonchev–Trinajstić information content (AvgIpc) is 3.46. The molecule has 0 saturated carbocycles. The second-order valence-corrected chi connectivity index (χ2v) is 7.60. The number of anilines is 1. The van der Waals surface area contributed by atoms with Crippen molar-refractivity contribution < 1.29 is 13.7 Å². The highest BCUT2D eigenvalue weighted by Crippen LogP contribution is 2.28. The van der Waals surface area contributed by atoms with Crippen molar-refractivity contribution in [2.45, 2.75) is 6.92 Å². The lowest BCUT2D eigenvalue weighted by molar-refractivity contribution is 0.101. The van der Waals surface area contributed by atoms with Gasteiger partial charge in [-0.1, -0.05) is 46.8 Å². The molecule has 9 heteroatoms. The highest BCUT2D eigenvalue weighted by atomic mass is 32.1. The van der Waals surface area contributed by atoms with Crippen molar-refractivity contribution in [2.75, 3.05) is 5.32 Å². The van der Waals surface area contributed by atoms with Crippen molar-refractivity contribution in [2.24, 2.45) is 0 Å². The van der Waals surface area contributed by atoms with E-state index in [1.807, 2.05) is 37.3 Å². The van der Waals surface area contributed by atoms with Gasteiger partial charge in [0.25, 0.3) is 5.91 Å². The second-order valence-electron chi connectivity index (χ2n) is 6.59. The Labute approximate surface area is 173 Å². The number of nitrogens with one attached hydrogen (secondary N) is 1. The summed E-state index contributed by atoms with van der Waals surface area (Å²) in [5, 5.41) is 11.6. The van der Waals surface area contributed by atoms with Crippen molar-refractivity contribution >= 4 is 33.3 Å². The first-order valence-electron chi connectivity index (χ1n) is 9.03. The number of aromatic nitrogens is 4. The molecule has 1 N–H and O–H groups in total. The summed E-state index contributed by atoms with van der Waals surface area (Å²) in [5.41, 5.74) is 2.32. The minimum Gasteiger partial charge on any atom is -0.355 e. The van der Waals surface area contributed by atoms with Gasteiger partial charge < -0.3 is 9.84 Å². The summed E-state index contributed by atoms with van der Waals surface area (Å²) in [4.78, 5) is 17.2. The van der Waals surface area contributed by atoms with Crippen molar-refractivity contribution in [3.05, 3.63) is 77.9 Å². The maximum absolute atomic E-state index is 13.5. The van der Waals surface area contributed by atoms with Crippen molar-refractivity contribution in [1.29, 1.82) is 0 Å². The van der Waals surface area contributed by atoms with Gasteiger partial charge in [0.2, 0.25) is 5.13 Å². The molecule has 0 fully saturated rings. The Hall–Kier alpha value is -3.85. The summed E-state index contributed by atoms with van der Waals surface area (Å²) < 4.78 is 21.0. The number of carbonyl (C=O) groups excluding carboxylic acids is 1. The van der Waals surface area contributed by atoms with E-state index in [0.29, 0.717) is 32.6 Å². The molecule has 3 heterocycles. The Morgan fingerprint density at radius 2 is 1.97 bits per heavy atom. The third kappa shape index (κ3) is 3.35. The molecule has 7 nitrogen and oxygen atoms in total. The molecule has 5 aromatic rings. The van der Waals surface area contributed by atoms with E-state index in [2.05, 4.69) is 20.6 Å². The molecule has 0 radical (unpaired) electrons. The summed E-state index contributed by atoms with van der Waals surface area (Å²) >= 11 is 1.28. The summed E-state index contributed by atoms with van der Waals surface area (Å²) in [5.74, 6) is 0.164. The van der Waals surface area contributed by atoms with Crippen molar-refractivity contribution in [3.8, 4) is 16.5 Å². The quantitative estimate of drug-likeness (QED) is 0.451. The van der Waals surface area contributed by atoms with Gasteiger partial charge in [-0.15, -0.1) is 0 Å². The Kier molecular flexibility index (Phi) is 4.36. The molecule has 148 valence electrons. The highest BCUT2D eigenvalue weighted by Gasteiger charge is 2.18. The number of amides is 1. The standard InChI is InChI=1S/C21H14FN5O2S/c1-12-9-19(27(25-12)21-23-15-8-7-14(22)10-18(15)30-21)24-20(28)16-11-17(29-26-16)13-5-3-2-4-6-13/h2-11H,1H3,(H,24,28). The van der Waals surface area contributed by atoms with Gasteiger partial charge >= 0.3 is 0 Å². The minimum atomic E-state index is -0.436. The van der Waals surface area contributed by atoms with Crippen LogP contribution in [0.5, 0.6) is 0 Å². The smallest absolute Gasteiger partial charge is 0.279 e. The minimum absolute atomic E-state index is 0.144. The van der Waals surface area contributed by atoms with Crippen LogP contribution in [-0.2, 0) is 0 Å². The zero-order valence-electron chi connectivity index (χ0n) is 15.7. The zero-order chi connectivity index (χ0) is 20.7. The number of benzene rings is 2. The molecule has 0 aliphatic rings. The van der Waals surface area contributed by atoms with Gasteiger partial charge in [-0.05, 0) is 25.1 Å². The molecule has 5 rings (SSSR count). The topological polar surface area (TPSA) is 85.8 Å². The van der Waals surface area contributed by atoms with Gasteiger partial charge in [-0.25, -0.2) is 9.37 Å². The Morgan fingerprint density at radius 1 is 1.13 bits per heavy atom. The largest absolute Gasteiger partial charge is 0.355 e. The molecule has 0 saturated heterocycles. The summed E-state index contributed by atoms with van der Waals surface area (Å²) in [6.45, 7) is 1.81. The number of aryl methyl sites for hydroxylation is 1. The number of fused-ring (bicyclic) bond motifs is 1. The van der Waals surface area contributed by atoms with Crippen LogP contribution in [0, 0.1) is 12.7 Å². The van der Waals surface area contributed by atoms with Gasteiger partial charge in [-0.3, -0.25) is 4.79 Å². The van der Waals surface area contributed by atoms with E-state index in [4.69, 9.17) is 4.52 Å². The van der Waals surface area contributed by atoms with E-state index in [0.717, 1.165) is 5.56 Å². The maximum atomic E-state index is 13.5. The molecule has 0 unspecified atom stereocenters. The number of thiazole rings is 1. The predicted molar refractivity (Wildman–Crippen MR) is 111 cm³/mol. The van der Waals surface area contributed by atoms with Crippen LogP contribution in [0.2, 0.25) is 0 Å². The lowest BCUT2D eigenvalue weighted by Gasteiger charge is -2.04. The lowest BCUT2D eigenvalue weighted by Crippen LogP contribution is -2.15. The van der Waals surface area contributed by atoms with E-state index in [9.17, 15) is 9.18 Å². The Balaban J connectivity index is 1.44. The Bertz CT molecular complexity index is 1370. The Morgan fingerprint density at radius 3 is 2.80 bits per heavy atom. The fourth-order valence-corrected chi connectivity index (χ4v) is 3.97. The molecule has 3 aromatic heterocycles. The first kappa shape index (κ1) is 18.2. The zero-order valence-corrected chi connectivity index (χ0v) is 16.5. The molecule has 0 atom stereocenters. The molecule has 0 bridgehead atoms. The van der Waals surface area contributed by atoms with Crippen LogP contribution in [0.3, 0.4) is 0 Å². The van der Waals surface area contributed by atoms with E-state index < -0.39 is 5.91 Å². The van der Waals surface area contributed by atoms with Gasteiger partial charge in [0, 0.05) is 17.7 Å². The number of hydrogen-bond acceptors (Lipinski definition) is 6. The molecule has 1 amide bonds. The fourth-order valence-electron chi connectivity index (χ4n) is 3.01. The summed E-state index contributed by atoms with van der Waals surface area (Å²) in [6, 6.07) is 17.1. The van der Waals surface area contributed by atoms with Crippen LogP contribution in [0.15, 0.2) is 65.2 Å². The van der Waals surface area contributed by atoms with Crippen LogP contribution in [0.4, 0.5) is 10.2 Å². The third-order valence-electron chi connectivity index (χ3n) is 4.39. The molecule has 30 heavy (non-hydrogen) atoms. The first-order valence-corrected chi connectivity index (χ1v) is 9.85. The lowest BCUT2D eigenvalue weighted by atomic mass is 10.1. The van der Waals surface area contributed by atoms with Crippen LogP contribution in [0.25, 0.3) is 26.7 Å². The normalized spacial score (nSPS) is 11.1. The van der Waals surface area contributed by atoms with Crippen LogP contribution >= 0.6 is 11.3 Å². The van der Waals surface area contributed by atoms with Gasteiger partial charge in [0.1, 0.15) is 11.6 Å². The molecule has 0 spiro atoms. The third-order valence-corrected chi connectivity index (χ3v) is 5.39. The number of carbonyl (C=O) groups is 1. The van der Waals surface area contributed by atoms with Gasteiger partial charge in [0.05, 0.1) is 15.9 Å². The summed E-state index contributed by atoms with van der Waals surface area (Å²) in [7, 11) is 0. The molecular weight excluding hydrogens is 405 g/mol. The van der Waals surface area contributed by atoms with Crippen LogP contribution < -0.4 is 5.32 Å². The highest BCUT2D eigenvalue weighted by molar-refractivity contribution is 7.20. The first-order chi connectivity index (χ1) is 14.6. The number of nitrogens with zero attached hydrogens (tertiary/aromatic N) is 4. The van der Waals surface area contributed by atoms with Gasteiger partial charge in [-0.2, -0.15) is 9.78 Å². The monoisotopic (exact) mass is 419 g/mol. The van der Waals surface area contributed by atoms with E-state index in [1.165, 1.54) is 28.2 Å². The van der Waals surface area contributed by atoms with Crippen molar-refractivity contribution in [3.63, 3.8) is 0 Å². The maximum Gasteiger partial charge on any atom is 0.279 e. The van der Waals surface area contributed by atoms with Gasteiger partial charge in [0.15, 0.2) is 11.5 Å². The fraction of sp³-hybridized carbons (Fsp3) is 0.0476. The average molecular weight is 419 g/mol. The van der Waals surface area contributed by atoms with E-state index in [1.54, 1.807) is 18.2 Å². The number of hydrogen-bond donors (Lipinski definition) is 1. The predicted octanol–water partition coefficient (Wildman–Crippen LogP) is 4.84. The molecule has 0 aliphatic heterocycles. The molecule has 0 aliphatic carbocycles. The SMILES string of the molecule is Cc1cc(NC(=O)c2cc(-c3ccccc3)on2)n(-c2nc3ccc(F)cc3s2)n1. The number of halogens is 1. The second kappa shape index (κ2) is 7.20. The van der Waals surface area contributed by atoms with Crippen molar-refractivity contribution in [1.82, 2.24) is 19.9 Å². The van der Waals surface area contributed by atoms with Crippen LogP contribution in [0.1, 0.15) is 16.2 Å². The van der Waals surface area contributed by atoms with E-state index >= 15 is 0 Å². The van der Waals surface area contributed by atoms with E-state index in [-0.39, 0.29) is 11.5 Å². The van der Waals surface area contributed by atoms with Crippen LogP contribution in [-0.4, -0.2) is 25.8 Å². The number of rotatable bonds is 4. The molecular formula is C21H14FN5O2S.